The number of anilines is 1. The second-order valence-electron chi connectivity index (χ2n) is 6.18. The van der Waals surface area contributed by atoms with Gasteiger partial charge in [0.25, 0.3) is 0 Å². The van der Waals surface area contributed by atoms with E-state index in [2.05, 4.69) is 26.7 Å². The SMILES string of the molecule is Cc1cnc(C)c(N2CCC(N3CCC(N)CC3)C2)n1. The molecule has 0 aromatic carbocycles. The summed E-state index contributed by atoms with van der Waals surface area (Å²) in [5.41, 5.74) is 8.03. The van der Waals surface area contributed by atoms with E-state index in [0.717, 1.165) is 56.2 Å². The lowest BCUT2D eigenvalue weighted by Gasteiger charge is -2.34. The van der Waals surface area contributed by atoms with Crippen LogP contribution in [0.2, 0.25) is 0 Å². The Hall–Kier alpha value is -1.20. The molecule has 3 rings (SSSR count). The lowest BCUT2D eigenvalue weighted by molar-refractivity contribution is 0.163. The van der Waals surface area contributed by atoms with Crippen molar-refractivity contribution >= 4 is 5.82 Å². The third-order valence-electron chi connectivity index (χ3n) is 4.60. The Morgan fingerprint density at radius 3 is 2.65 bits per heavy atom. The third kappa shape index (κ3) is 2.79. The highest BCUT2D eigenvalue weighted by molar-refractivity contribution is 5.44. The molecular formula is C15H25N5. The van der Waals surface area contributed by atoms with Gasteiger partial charge in [-0.2, -0.15) is 0 Å². The number of hydrogen-bond acceptors (Lipinski definition) is 5. The molecule has 3 heterocycles. The van der Waals surface area contributed by atoms with Crippen molar-refractivity contribution in [3.05, 3.63) is 17.6 Å². The molecule has 2 saturated heterocycles. The number of piperidine rings is 1. The zero-order valence-electron chi connectivity index (χ0n) is 12.5. The highest BCUT2D eigenvalue weighted by Crippen LogP contribution is 2.25. The van der Waals surface area contributed by atoms with Crippen LogP contribution in [0.15, 0.2) is 6.20 Å². The average molecular weight is 275 g/mol. The van der Waals surface area contributed by atoms with Gasteiger partial charge in [0.1, 0.15) is 5.82 Å². The molecule has 1 aromatic heterocycles. The first-order chi connectivity index (χ1) is 9.63. The number of nitrogens with zero attached hydrogens (tertiary/aromatic N) is 4. The highest BCUT2D eigenvalue weighted by Gasteiger charge is 2.31. The molecule has 110 valence electrons. The molecule has 1 unspecified atom stereocenters. The van der Waals surface area contributed by atoms with E-state index in [-0.39, 0.29) is 0 Å². The van der Waals surface area contributed by atoms with E-state index in [1.807, 2.05) is 13.1 Å². The predicted octanol–water partition coefficient (Wildman–Crippen LogP) is 1.10. The summed E-state index contributed by atoms with van der Waals surface area (Å²) in [5.74, 6) is 1.07. The number of aromatic nitrogens is 2. The molecule has 1 aromatic rings. The summed E-state index contributed by atoms with van der Waals surface area (Å²) in [6.07, 6.45) is 5.35. The molecule has 0 aliphatic carbocycles. The number of likely N-dealkylation sites (tertiary alicyclic amines) is 1. The van der Waals surface area contributed by atoms with Crippen LogP contribution in [-0.4, -0.2) is 53.1 Å². The van der Waals surface area contributed by atoms with Crippen molar-refractivity contribution in [1.82, 2.24) is 14.9 Å². The minimum atomic E-state index is 0.411. The number of rotatable bonds is 2. The Morgan fingerprint density at radius 2 is 1.90 bits per heavy atom. The Bertz CT molecular complexity index is 467. The quantitative estimate of drug-likeness (QED) is 0.876. The van der Waals surface area contributed by atoms with Gasteiger partial charge in [0, 0.05) is 31.4 Å². The summed E-state index contributed by atoms with van der Waals surface area (Å²) >= 11 is 0. The van der Waals surface area contributed by atoms with Gasteiger partial charge in [-0.15, -0.1) is 0 Å². The molecule has 20 heavy (non-hydrogen) atoms. The highest BCUT2D eigenvalue weighted by atomic mass is 15.3. The fourth-order valence-electron chi connectivity index (χ4n) is 3.34. The second kappa shape index (κ2) is 5.66. The molecule has 0 radical (unpaired) electrons. The molecule has 0 bridgehead atoms. The van der Waals surface area contributed by atoms with Crippen molar-refractivity contribution in [1.29, 1.82) is 0 Å². The van der Waals surface area contributed by atoms with E-state index in [9.17, 15) is 0 Å². The smallest absolute Gasteiger partial charge is 0.150 e. The van der Waals surface area contributed by atoms with Crippen LogP contribution in [0.1, 0.15) is 30.7 Å². The number of hydrogen-bond donors (Lipinski definition) is 1. The molecule has 2 aliphatic heterocycles. The Labute approximate surface area is 121 Å². The summed E-state index contributed by atoms with van der Waals surface area (Å²) in [6, 6.07) is 1.07. The fourth-order valence-corrected chi connectivity index (χ4v) is 3.34. The van der Waals surface area contributed by atoms with Gasteiger partial charge < -0.3 is 10.6 Å². The van der Waals surface area contributed by atoms with E-state index in [1.54, 1.807) is 0 Å². The van der Waals surface area contributed by atoms with Crippen molar-refractivity contribution in [2.24, 2.45) is 5.73 Å². The monoisotopic (exact) mass is 275 g/mol. The van der Waals surface area contributed by atoms with Gasteiger partial charge in [-0.1, -0.05) is 0 Å². The predicted molar refractivity (Wildman–Crippen MR) is 80.9 cm³/mol. The zero-order chi connectivity index (χ0) is 14.1. The second-order valence-corrected chi connectivity index (χ2v) is 6.18. The van der Waals surface area contributed by atoms with Crippen LogP contribution >= 0.6 is 0 Å². The van der Waals surface area contributed by atoms with Crippen LogP contribution in [-0.2, 0) is 0 Å². The first kappa shape index (κ1) is 13.8. The van der Waals surface area contributed by atoms with Crippen LogP contribution in [0, 0.1) is 13.8 Å². The summed E-state index contributed by atoms with van der Waals surface area (Å²) in [4.78, 5) is 14.1. The lowest BCUT2D eigenvalue weighted by Crippen LogP contribution is -2.46. The Kier molecular flexibility index (Phi) is 3.89. The van der Waals surface area contributed by atoms with Crippen LogP contribution in [0.4, 0.5) is 5.82 Å². The Balaban J connectivity index is 1.66. The van der Waals surface area contributed by atoms with E-state index >= 15 is 0 Å². The first-order valence-corrected chi connectivity index (χ1v) is 7.68. The van der Waals surface area contributed by atoms with Crippen LogP contribution < -0.4 is 10.6 Å². The van der Waals surface area contributed by atoms with Gasteiger partial charge in [0.05, 0.1) is 11.4 Å². The summed E-state index contributed by atoms with van der Waals surface area (Å²) in [6.45, 7) is 8.53. The minimum absolute atomic E-state index is 0.411. The van der Waals surface area contributed by atoms with Crippen LogP contribution in [0.5, 0.6) is 0 Å². The van der Waals surface area contributed by atoms with Crippen molar-refractivity contribution in [3.63, 3.8) is 0 Å². The first-order valence-electron chi connectivity index (χ1n) is 7.68. The third-order valence-corrected chi connectivity index (χ3v) is 4.60. The molecule has 5 heteroatoms. The van der Waals surface area contributed by atoms with E-state index in [0.29, 0.717) is 12.1 Å². The molecule has 2 fully saturated rings. The van der Waals surface area contributed by atoms with E-state index in [1.165, 1.54) is 6.42 Å². The molecule has 0 saturated carbocycles. The van der Waals surface area contributed by atoms with Gasteiger partial charge in [-0.25, -0.2) is 4.98 Å². The van der Waals surface area contributed by atoms with Crippen LogP contribution in [0.3, 0.4) is 0 Å². The maximum absolute atomic E-state index is 6.00. The maximum Gasteiger partial charge on any atom is 0.150 e. The molecule has 1 atom stereocenters. The average Bonchev–Trinajstić information content (AvgIpc) is 2.92. The Morgan fingerprint density at radius 1 is 1.15 bits per heavy atom. The van der Waals surface area contributed by atoms with Gasteiger partial charge in [0.15, 0.2) is 0 Å². The molecule has 5 nitrogen and oxygen atoms in total. The zero-order valence-corrected chi connectivity index (χ0v) is 12.5. The van der Waals surface area contributed by atoms with Gasteiger partial charge >= 0.3 is 0 Å². The molecule has 2 N–H and O–H groups in total. The van der Waals surface area contributed by atoms with Crippen molar-refractivity contribution in [2.75, 3.05) is 31.1 Å². The standard InChI is InChI=1S/C15H25N5/c1-11-9-17-12(2)15(18-11)20-8-5-14(10-20)19-6-3-13(16)4-7-19/h9,13-14H,3-8,10,16H2,1-2H3. The topological polar surface area (TPSA) is 58.3 Å². The van der Waals surface area contributed by atoms with Gasteiger partial charge in [0.2, 0.25) is 0 Å². The van der Waals surface area contributed by atoms with Crippen LogP contribution in [0.25, 0.3) is 0 Å². The van der Waals surface area contributed by atoms with Gasteiger partial charge in [-0.05, 0) is 46.2 Å². The summed E-state index contributed by atoms with van der Waals surface area (Å²) in [5, 5.41) is 0. The molecule has 0 amide bonds. The summed E-state index contributed by atoms with van der Waals surface area (Å²) in [7, 11) is 0. The minimum Gasteiger partial charge on any atom is -0.353 e. The molecule has 0 spiro atoms. The molecule has 2 aliphatic rings. The summed E-state index contributed by atoms with van der Waals surface area (Å²) < 4.78 is 0. The van der Waals surface area contributed by atoms with Crippen molar-refractivity contribution in [3.8, 4) is 0 Å². The largest absolute Gasteiger partial charge is 0.353 e. The van der Waals surface area contributed by atoms with E-state index in [4.69, 9.17) is 5.73 Å². The molecular weight excluding hydrogens is 250 g/mol. The lowest BCUT2D eigenvalue weighted by atomic mass is 10.0. The number of aryl methyl sites for hydroxylation is 2. The van der Waals surface area contributed by atoms with Crippen molar-refractivity contribution < 1.29 is 0 Å². The van der Waals surface area contributed by atoms with E-state index < -0.39 is 0 Å². The number of nitrogens with two attached hydrogens (primary N) is 1. The fraction of sp³-hybridized carbons (Fsp3) is 0.733. The normalized spacial score (nSPS) is 25.4. The maximum atomic E-state index is 6.00. The van der Waals surface area contributed by atoms with Gasteiger partial charge in [-0.3, -0.25) is 9.88 Å². The van der Waals surface area contributed by atoms with Crippen molar-refractivity contribution in [2.45, 2.75) is 45.2 Å².